The quantitative estimate of drug-likeness (QED) is 0.881. The summed E-state index contributed by atoms with van der Waals surface area (Å²) >= 11 is 1.47. The van der Waals surface area contributed by atoms with Gasteiger partial charge in [0.05, 0.1) is 5.69 Å². The number of benzene rings is 1. The zero-order valence-electron chi connectivity index (χ0n) is 10.2. The standard InChI is InChI=1S/C12H13FN2O2S2/c1-15(8-10-3-2-6-18-10)19(16,17)12-5-4-9(13)7-11(12)14/h2-7H,8,14H2,1H3. The van der Waals surface area contributed by atoms with Crippen molar-refractivity contribution in [3.8, 4) is 0 Å². The van der Waals surface area contributed by atoms with Gasteiger partial charge >= 0.3 is 0 Å². The summed E-state index contributed by atoms with van der Waals surface area (Å²) in [5.74, 6) is -0.558. The molecule has 0 bridgehead atoms. The van der Waals surface area contributed by atoms with Crippen molar-refractivity contribution in [2.75, 3.05) is 12.8 Å². The van der Waals surface area contributed by atoms with Crippen molar-refractivity contribution in [3.05, 3.63) is 46.4 Å². The number of hydrogen-bond donors (Lipinski definition) is 1. The third-order valence-electron chi connectivity index (χ3n) is 2.62. The van der Waals surface area contributed by atoms with Gasteiger partial charge < -0.3 is 5.73 Å². The lowest BCUT2D eigenvalue weighted by Gasteiger charge is -2.17. The van der Waals surface area contributed by atoms with Crippen LogP contribution in [0, 0.1) is 5.82 Å². The van der Waals surface area contributed by atoms with E-state index in [1.54, 1.807) is 0 Å². The Labute approximate surface area is 115 Å². The number of halogens is 1. The van der Waals surface area contributed by atoms with E-state index in [1.807, 2.05) is 17.5 Å². The van der Waals surface area contributed by atoms with Gasteiger partial charge in [-0.2, -0.15) is 4.31 Å². The smallest absolute Gasteiger partial charge is 0.245 e. The van der Waals surface area contributed by atoms with Crippen LogP contribution in [0.1, 0.15) is 4.88 Å². The molecule has 2 N–H and O–H groups in total. The molecule has 0 aliphatic heterocycles. The molecule has 1 aromatic carbocycles. The molecule has 0 atom stereocenters. The number of rotatable bonds is 4. The monoisotopic (exact) mass is 300 g/mol. The van der Waals surface area contributed by atoms with Crippen LogP contribution in [0.2, 0.25) is 0 Å². The Kier molecular flexibility index (Phi) is 3.88. The maximum absolute atomic E-state index is 13.0. The summed E-state index contributed by atoms with van der Waals surface area (Å²) in [5.41, 5.74) is 5.49. The summed E-state index contributed by atoms with van der Waals surface area (Å²) in [5, 5.41) is 1.88. The Balaban J connectivity index is 2.31. The third-order valence-corrected chi connectivity index (χ3v) is 5.36. The molecule has 7 heteroatoms. The van der Waals surface area contributed by atoms with E-state index in [1.165, 1.54) is 28.8 Å². The van der Waals surface area contributed by atoms with Gasteiger partial charge in [0.15, 0.2) is 0 Å². The number of sulfonamides is 1. The molecule has 19 heavy (non-hydrogen) atoms. The van der Waals surface area contributed by atoms with Crippen molar-refractivity contribution in [2.45, 2.75) is 11.4 Å². The van der Waals surface area contributed by atoms with Gasteiger partial charge in [0.25, 0.3) is 0 Å². The van der Waals surface area contributed by atoms with Crippen LogP contribution in [0.25, 0.3) is 0 Å². The Morgan fingerprint density at radius 2 is 2.11 bits per heavy atom. The minimum Gasteiger partial charge on any atom is -0.398 e. The highest BCUT2D eigenvalue weighted by atomic mass is 32.2. The van der Waals surface area contributed by atoms with Crippen molar-refractivity contribution in [1.82, 2.24) is 4.31 Å². The Hall–Kier alpha value is -1.44. The van der Waals surface area contributed by atoms with E-state index in [9.17, 15) is 12.8 Å². The minimum atomic E-state index is -3.71. The van der Waals surface area contributed by atoms with Crippen LogP contribution in [0.15, 0.2) is 40.6 Å². The maximum Gasteiger partial charge on any atom is 0.245 e. The first kappa shape index (κ1) is 14.0. The molecule has 0 amide bonds. The molecule has 0 unspecified atom stereocenters. The van der Waals surface area contributed by atoms with E-state index in [2.05, 4.69) is 0 Å². The third kappa shape index (κ3) is 2.94. The van der Waals surface area contributed by atoms with Crippen molar-refractivity contribution in [3.63, 3.8) is 0 Å². The van der Waals surface area contributed by atoms with Crippen LogP contribution in [0.3, 0.4) is 0 Å². The molecule has 0 radical (unpaired) electrons. The molecule has 0 aliphatic carbocycles. The summed E-state index contributed by atoms with van der Waals surface area (Å²) in [6, 6.07) is 6.98. The van der Waals surface area contributed by atoms with E-state index >= 15 is 0 Å². The molecule has 0 saturated heterocycles. The molecule has 2 aromatic rings. The highest BCUT2D eigenvalue weighted by Crippen LogP contribution is 2.24. The number of thiophene rings is 1. The molecule has 0 aliphatic rings. The summed E-state index contributed by atoms with van der Waals surface area (Å²) in [7, 11) is -2.24. The predicted molar refractivity (Wildman–Crippen MR) is 73.8 cm³/mol. The van der Waals surface area contributed by atoms with Crippen LogP contribution < -0.4 is 5.73 Å². The molecule has 0 fully saturated rings. The topological polar surface area (TPSA) is 63.4 Å². The lowest BCUT2D eigenvalue weighted by molar-refractivity contribution is 0.470. The van der Waals surface area contributed by atoms with Gasteiger partial charge in [-0.15, -0.1) is 11.3 Å². The maximum atomic E-state index is 13.0. The Bertz CT molecular complexity index is 669. The van der Waals surface area contributed by atoms with Gasteiger partial charge in [0.2, 0.25) is 10.0 Å². The molecule has 0 spiro atoms. The number of nitrogens with two attached hydrogens (primary N) is 1. The first-order valence-electron chi connectivity index (χ1n) is 5.45. The first-order chi connectivity index (χ1) is 8.91. The highest BCUT2D eigenvalue weighted by molar-refractivity contribution is 7.89. The van der Waals surface area contributed by atoms with Gasteiger partial charge in [0, 0.05) is 18.5 Å². The fraction of sp³-hybridized carbons (Fsp3) is 0.167. The molecule has 2 rings (SSSR count). The van der Waals surface area contributed by atoms with E-state index in [0.717, 1.165) is 17.0 Å². The van der Waals surface area contributed by atoms with E-state index in [-0.39, 0.29) is 17.1 Å². The molecule has 1 heterocycles. The average Bonchev–Trinajstić information content (AvgIpc) is 2.81. The van der Waals surface area contributed by atoms with Crippen molar-refractivity contribution in [2.24, 2.45) is 0 Å². The molecule has 1 aromatic heterocycles. The van der Waals surface area contributed by atoms with Crippen molar-refractivity contribution >= 4 is 27.0 Å². The summed E-state index contributed by atoms with van der Waals surface area (Å²) in [4.78, 5) is 0.847. The van der Waals surface area contributed by atoms with Crippen LogP contribution in [0.4, 0.5) is 10.1 Å². The van der Waals surface area contributed by atoms with Gasteiger partial charge in [-0.1, -0.05) is 6.07 Å². The van der Waals surface area contributed by atoms with Crippen LogP contribution >= 0.6 is 11.3 Å². The summed E-state index contributed by atoms with van der Waals surface area (Å²) in [6.07, 6.45) is 0. The average molecular weight is 300 g/mol. The Morgan fingerprint density at radius 3 is 2.68 bits per heavy atom. The van der Waals surface area contributed by atoms with Gasteiger partial charge in [-0.25, -0.2) is 12.8 Å². The van der Waals surface area contributed by atoms with Crippen LogP contribution in [0.5, 0.6) is 0 Å². The number of nitrogen functional groups attached to an aromatic ring is 1. The van der Waals surface area contributed by atoms with E-state index in [4.69, 9.17) is 5.73 Å². The fourth-order valence-corrected chi connectivity index (χ4v) is 3.71. The SMILES string of the molecule is CN(Cc1cccs1)S(=O)(=O)c1ccc(F)cc1N. The van der Waals surface area contributed by atoms with Crippen molar-refractivity contribution in [1.29, 1.82) is 0 Å². The fourth-order valence-electron chi connectivity index (χ4n) is 1.63. The second kappa shape index (κ2) is 5.28. The van der Waals surface area contributed by atoms with Crippen LogP contribution in [-0.2, 0) is 16.6 Å². The van der Waals surface area contributed by atoms with Crippen molar-refractivity contribution < 1.29 is 12.8 Å². The van der Waals surface area contributed by atoms with Gasteiger partial charge in [-0.05, 0) is 29.6 Å². The van der Waals surface area contributed by atoms with E-state index < -0.39 is 15.8 Å². The first-order valence-corrected chi connectivity index (χ1v) is 7.77. The number of nitrogens with zero attached hydrogens (tertiary/aromatic N) is 1. The second-order valence-electron chi connectivity index (χ2n) is 4.02. The predicted octanol–water partition coefficient (Wildman–Crippen LogP) is 2.29. The number of anilines is 1. The lowest BCUT2D eigenvalue weighted by Crippen LogP contribution is -2.26. The summed E-state index contributed by atoms with van der Waals surface area (Å²) in [6.45, 7) is 0.261. The Morgan fingerprint density at radius 1 is 1.37 bits per heavy atom. The van der Waals surface area contributed by atoms with Crippen LogP contribution in [-0.4, -0.2) is 19.8 Å². The molecule has 0 saturated carbocycles. The minimum absolute atomic E-state index is 0.0760. The lowest BCUT2D eigenvalue weighted by atomic mass is 10.3. The number of hydrogen-bond acceptors (Lipinski definition) is 4. The summed E-state index contributed by atoms with van der Waals surface area (Å²) < 4.78 is 38.8. The molecule has 102 valence electrons. The largest absolute Gasteiger partial charge is 0.398 e. The zero-order valence-corrected chi connectivity index (χ0v) is 11.8. The van der Waals surface area contributed by atoms with E-state index in [0.29, 0.717) is 0 Å². The second-order valence-corrected chi connectivity index (χ2v) is 7.07. The highest BCUT2D eigenvalue weighted by Gasteiger charge is 2.23. The molecule has 4 nitrogen and oxygen atoms in total. The normalized spacial score (nSPS) is 11.9. The molecular weight excluding hydrogens is 287 g/mol. The van der Waals surface area contributed by atoms with Gasteiger partial charge in [0.1, 0.15) is 10.7 Å². The van der Waals surface area contributed by atoms with Gasteiger partial charge in [-0.3, -0.25) is 0 Å². The molecular formula is C12H13FN2O2S2. The zero-order chi connectivity index (χ0) is 14.0.